The molecule has 5 nitrogen and oxygen atoms in total. The van der Waals surface area contributed by atoms with Crippen molar-refractivity contribution in [1.29, 1.82) is 5.26 Å². The van der Waals surface area contributed by atoms with E-state index in [1.54, 1.807) is 0 Å². The van der Waals surface area contributed by atoms with Crippen LogP contribution in [0.2, 0.25) is 0 Å². The van der Waals surface area contributed by atoms with Gasteiger partial charge in [0.1, 0.15) is 0 Å². The SMILES string of the molecule is N#Cc1ccc(OCC(=O)NC2CCOCC2)c(F)c1. The number of benzene rings is 1. The summed E-state index contributed by atoms with van der Waals surface area (Å²) in [7, 11) is 0. The second-order valence-electron chi connectivity index (χ2n) is 4.50. The summed E-state index contributed by atoms with van der Waals surface area (Å²) >= 11 is 0. The molecule has 0 atom stereocenters. The molecule has 1 aromatic carbocycles. The van der Waals surface area contributed by atoms with Crippen LogP contribution in [0.1, 0.15) is 18.4 Å². The maximum atomic E-state index is 13.5. The number of ether oxygens (including phenoxy) is 2. The first-order valence-corrected chi connectivity index (χ1v) is 6.38. The van der Waals surface area contributed by atoms with E-state index in [1.165, 1.54) is 12.1 Å². The highest BCUT2D eigenvalue weighted by Gasteiger charge is 2.16. The van der Waals surface area contributed by atoms with Crippen molar-refractivity contribution in [2.75, 3.05) is 19.8 Å². The molecule has 1 fully saturated rings. The van der Waals surface area contributed by atoms with Gasteiger partial charge >= 0.3 is 0 Å². The van der Waals surface area contributed by atoms with E-state index >= 15 is 0 Å². The molecule has 0 aromatic heterocycles. The van der Waals surface area contributed by atoms with Gasteiger partial charge in [-0.1, -0.05) is 0 Å². The van der Waals surface area contributed by atoms with Crippen molar-refractivity contribution in [3.05, 3.63) is 29.6 Å². The van der Waals surface area contributed by atoms with Gasteiger partial charge in [-0.2, -0.15) is 5.26 Å². The molecular formula is C14H15FN2O3. The van der Waals surface area contributed by atoms with Crippen LogP contribution < -0.4 is 10.1 Å². The van der Waals surface area contributed by atoms with Crippen molar-refractivity contribution in [3.8, 4) is 11.8 Å². The Hall–Kier alpha value is -2.13. The van der Waals surface area contributed by atoms with Gasteiger partial charge in [-0.25, -0.2) is 4.39 Å². The molecule has 0 aliphatic carbocycles. The Kier molecular flexibility index (Phi) is 4.91. The molecule has 0 radical (unpaired) electrons. The average Bonchev–Trinajstić information content (AvgIpc) is 2.47. The monoisotopic (exact) mass is 278 g/mol. The van der Waals surface area contributed by atoms with Crippen molar-refractivity contribution in [2.45, 2.75) is 18.9 Å². The minimum atomic E-state index is -0.650. The number of carbonyl (C=O) groups excluding carboxylic acids is 1. The van der Waals surface area contributed by atoms with E-state index in [0.717, 1.165) is 18.9 Å². The summed E-state index contributed by atoms with van der Waals surface area (Å²) in [6, 6.07) is 5.77. The van der Waals surface area contributed by atoms with Crippen LogP contribution in [0.15, 0.2) is 18.2 Å². The number of halogens is 1. The van der Waals surface area contributed by atoms with E-state index in [9.17, 15) is 9.18 Å². The molecule has 0 spiro atoms. The molecule has 1 N–H and O–H groups in total. The molecule has 6 heteroatoms. The molecule has 0 unspecified atom stereocenters. The Labute approximate surface area is 116 Å². The zero-order chi connectivity index (χ0) is 14.4. The highest BCUT2D eigenvalue weighted by Crippen LogP contribution is 2.17. The zero-order valence-electron chi connectivity index (χ0n) is 10.9. The average molecular weight is 278 g/mol. The molecule has 1 aromatic rings. The minimum Gasteiger partial charge on any atom is -0.481 e. The quantitative estimate of drug-likeness (QED) is 0.903. The Balaban J connectivity index is 1.82. The van der Waals surface area contributed by atoms with Gasteiger partial charge in [-0.05, 0) is 31.0 Å². The fraction of sp³-hybridized carbons (Fsp3) is 0.429. The number of carbonyl (C=O) groups is 1. The topological polar surface area (TPSA) is 71.3 Å². The summed E-state index contributed by atoms with van der Waals surface area (Å²) in [5.74, 6) is -0.977. The molecule has 1 aliphatic rings. The molecule has 1 saturated heterocycles. The molecule has 2 rings (SSSR count). The summed E-state index contributed by atoms with van der Waals surface area (Å²) in [5.41, 5.74) is 0.210. The van der Waals surface area contributed by atoms with E-state index in [2.05, 4.69) is 5.32 Å². The van der Waals surface area contributed by atoms with Gasteiger partial charge in [0.15, 0.2) is 18.2 Å². The van der Waals surface area contributed by atoms with E-state index in [-0.39, 0.29) is 29.9 Å². The van der Waals surface area contributed by atoms with E-state index in [1.807, 2.05) is 6.07 Å². The number of hydrogen-bond donors (Lipinski definition) is 1. The van der Waals surface area contributed by atoms with Gasteiger partial charge in [0, 0.05) is 19.3 Å². The first kappa shape index (κ1) is 14.3. The third-order valence-corrected chi connectivity index (χ3v) is 3.01. The third-order valence-electron chi connectivity index (χ3n) is 3.01. The van der Waals surface area contributed by atoms with Crippen molar-refractivity contribution in [3.63, 3.8) is 0 Å². The van der Waals surface area contributed by atoms with Crippen molar-refractivity contribution in [1.82, 2.24) is 5.32 Å². The first-order valence-electron chi connectivity index (χ1n) is 6.38. The highest BCUT2D eigenvalue weighted by molar-refractivity contribution is 5.77. The van der Waals surface area contributed by atoms with Crippen LogP contribution in [0.25, 0.3) is 0 Å². The Bertz CT molecular complexity index is 522. The maximum absolute atomic E-state index is 13.5. The summed E-state index contributed by atoms with van der Waals surface area (Å²) in [5, 5.41) is 11.4. The third kappa shape index (κ3) is 3.93. The lowest BCUT2D eigenvalue weighted by Crippen LogP contribution is -2.41. The van der Waals surface area contributed by atoms with Gasteiger partial charge in [0.2, 0.25) is 0 Å². The summed E-state index contributed by atoms with van der Waals surface area (Å²) in [6.07, 6.45) is 1.55. The highest BCUT2D eigenvalue weighted by atomic mass is 19.1. The fourth-order valence-corrected chi connectivity index (χ4v) is 1.94. The minimum absolute atomic E-state index is 0.0360. The van der Waals surface area contributed by atoms with Crippen LogP contribution in [0, 0.1) is 17.1 Å². The predicted octanol–water partition coefficient (Wildman–Crippen LogP) is 1.37. The molecule has 106 valence electrons. The lowest BCUT2D eigenvalue weighted by atomic mass is 10.1. The van der Waals surface area contributed by atoms with E-state index in [0.29, 0.717) is 13.2 Å². The van der Waals surface area contributed by atoms with Crippen LogP contribution in [0.3, 0.4) is 0 Å². The van der Waals surface area contributed by atoms with Crippen molar-refractivity contribution >= 4 is 5.91 Å². The lowest BCUT2D eigenvalue weighted by molar-refractivity contribution is -0.124. The standard InChI is InChI=1S/C14H15FN2O3/c15-12-7-10(8-16)1-2-13(12)20-9-14(18)17-11-3-5-19-6-4-11/h1-2,7,11H,3-6,9H2,(H,17,18). The summed E-state index contributed by atoms with van der Waals surface area (Å²) < 4.78 is 23.8. The predicted molar refractivity (Wildman–Crippen MR) is 68.6 cm³/mol. The number of nitriles is 1. The normalized spacial score (nSPS) is 15.4. The zero-order valence-corrected chi connectivity index (χ0v) is 10.9. The molecule has 1 heterocycles. The van der Waals surface area contributed by atoms with Gasteiger partial charge in [-0.3, -0.25) is 4.79 Å². The lowest BCUT2D eigenvalue weighted by Gasteiger charge is -2.23. The maximum Gasteiger partial charge on any atom is 0.258 e. The van der Waals surface area contributed by atoms with Crippen LogP contribution in [-0.2, 0) is 9.53 Å². The number of nitrogens with zero attached hydrogens (tertiary/aromatic N) is 1. The second-order valence-corrected chi connectivity index (χ2v) is 4.50. The van der Waals surface area contributed by atoms with Gasteiger partial charge in [-0.15, -0.1) is 0 Å². The number of amides is 1. The van der Waals surface area contributed by atoms with Gasteiger partial charge in [0.05, 0.1) is 11.6 Å². The first-order chi connectivity index (χ1) is 9.69. The Morgan fingerprint density at radius 2 is 2.25 bits per heavy atom. The number of nitrogens with one attached hydrogen (secondary N) is 1. The van der Waals surface area contributed by atoms with Crippen LogP contribution >= 0.6 is 0 Å². The molecule has 1 aliphatic heterocycles. The Morgan fingerprint density at radius 3 is 2.90 bits per heavy atom. The van der Waals surface area contributed by atoms with E-state index in [4.69, 9.17) is 14.7 Å². The van der Waals surface area contributed by atoms with Gasteiger partial charge in [0.25, 0.3) is 5.91 Å². The van der Waals surface area contributed by atoms with E-state index < -0.39 is 5.82 Å². The van der Waals surface area contributed by atoms with Gasteiger partial charge < -0.3 is 14.8 Å². The van der Waals surface area contributed by atoms with Crippen molar-refractivity contribution in [2.24, 2.45) is 0 Å². The molecule has 0 saturated carbocycles. The van der Waals surface area contributed by atoms with Crippen LogP contribution in [-0.4, -0.2) is 31.8 Å². The summed E-state index contributed by atoms with van der Waals surface area (Å²) in [6.45, 7) is 1.02. The summed E-state index contributed by atoms with van der Waals surface area (Å²) in [4.78, 5) is 11.7. The molecule has 0 bridgehead atoms. The Morgan fingerprint density at radius 1 is 1.50 bits per heavy atom. The largest absolute Gasteiger partial charge is 0.481 e. The molecular weight excluding hydrogens is 263 g/mol. The second kappa shape index (κ2) is 6.87. The fourth-order valence-electron chi connectivity index (χ4n) is 1.94. The van der Waals surface area contributed by atoms with Crippen LogP contribution in [0.4, 0.5) is 4.39 Å². The van der Waals surface area contributed by atoms with Crippen molar-refractivity contribution < 1.29 is 18.7 Å². The number of rotatable bonds is 4. The molecule has 1 amide bonds. The molecule has 20 heavy (non-hydrogen) atoms. The number of hydrogen-bond acceptors (Lipinski definition) is 4. The smallest absolute Gasteiger partial charge is 0.258 e. The van der Waals surface area contributed by atoms with Crippen LogP contribution in [0.5, 0.6) is 5.75 Å².